The predicted molar refractivity (Wildman–Crippen MR) is 50.7 cm³/mol. The smallest absolute Gasteiger partial charge is 0.545 e. The van der Waals surface area contributed by atoms with Gasteiger partial charge >= 0.3 is 27.3 Å². The van der Waals surface area contributed by atoms with Crippen LogP contribution in [-0.2, 0) is 0 Å². The Hall–Kier alpha value is -0.388. The molecule has 0 unspecified atom stereocenters. The minimum absolute atomic E-state index is 0. The number of carboxylic acids is 1. The molecule has 0 aliphatic heterocycles. The van der Waals surface area contributed by atoms with Gasteiger partial charge < -0.3 is 9.90 Å². The zero-order valence-corrected chi connectivity index (χ0v) is 12.5. The molecule has 0 N–H and O–H groups in total. The van der Waals surface area contributed by atoms with Crippen LogP contribution in [0.15, 0.2) is 12.1 Å². The van der Waals surface area contributed by atoms with Crippen molar-refractivity contribution in [3.8, 4) is 0 Å². The van der Waals surface area contributed by atoms with Crippen LogP contribution in [0.2, 0.25) is 0 Å². The average Bonchev–Trinajstić information content (AvgIpc) is 1.97. The van der Waals surface area contributed by atoms with E-state index in [-0.39, 0.29) is 27.3 Å². The number of carbonyl (C=O) groups is 1. The number of rotatable bonds is 1. The van der Waals surface area contributed by atoms with E-state index in [0.717, 1.165) is 16.7 Å². The summed E-state index contributed by atoms with van der Waals surface area (Å²) in [6, 6.07) is 3.71. The van der Waals surface area contributed by atoms with Crippen LogP contribution >= 0.6 is 0 Å². The van der Waals surface area contributed by atoms with Gasteiger partial charge in [0.05, 0.1) is 5.97 Å². The molecule has 0 amide bonds. The summed E-state index contributed by atoms with van der Waals surface area (Å²) in [5.74, 6) is -1.09. The largest absolute Gasteiger partial charge is 1.00 e. The van der Waals surface area contributed by atoms with Crippen LogP contribution in [0.25, 0.3) is 0 Å². The molecule has 2 nitrogen and oxygen atoms in total. The zero-order chi connectivity index (χ0) is 9.30. The van der Waals surface area contributed by atoms with Crippen LogP contribution in [0.1, 0.15) is 27.0 Å². The van der Waals surface area contributed by atoms with E-state index in [1.165, 1.54) is 0 Å². The van der Waals surface area contributed by atoms with E-state index >= 15 is 0 Å². The van der Waals surface area contributed by atoms with Crippen LogP contribution in [-0.4, -0.2) is 33.3 Å². The minimum atomic E-state index is -1.09. The van der Waals surface area contributed by atoms with Gasteiger partial charge in [-0.1, -0.05) is 12.1 Å². The molecule has 0 spiro atoms. The van der Waals surface area contributed by atoms with Gasteiger partial charge in [0, 0.05) is 5.56 Å². The number of carbonyl (C=O) groups excluding carboxylic acids is 1. The molecule has 1 aromatic carbocycles. The third-order valence-corrected chi connectivity index (χ3v) is 2.15. The van der Waals surface area contributed by atoms with Crippen molar-refractivity contribution in [2.24, 2.45) is 0 Å². The molecule has 0 saturated carbocycles. The van der Waals surface area contributed by atoms with Gasteiger partial charge in [0.2, 0.25) is 0 Å². The van der Waals surface area contributed by atoms with Gasteiger partial charge in [0.15, 0.2) is 0 Å². The number of benzene rings is 1. The third kappa shape index (κ3) is 2.53. The molecule has 3 heteroatoms. The number of aromatic carboxylic acids is 1. The minimum Gasteiger partial charge on any atom is -0.545 e. The van der Waals surface area contributed by atoms with Crippen molar-refractivity contribution in [2.75, 3.05) is 0 Å². The van der Waals surface area contributed by atoms with E-state index in [0.29, 0.717) is 5.56 Å². The van der Waals surface area contributed by atoms with E-state index in [4.69, 9.17) is 0 Å². The first-order valence-corrected chi connectivity index (χ1v) is 3.82. The summed E-state index contributed by atoms with van der Waals surface area (Å²) in [5.41, 5.74) is 2.88. The van der Waals surface area contributed by atoms with Gasteiger partial charge in [-0.25, -0.2) is 0 Å². The summed E-state index contributed by atoms with van der Waals surface area (Å²) in [6.45, 7) is 5.46. The third-order valence-electron chi connectivity index (χ3n) is 2.15. The fourth-order valence-electron chi connectivity index (χ4n) is 1.27. The fourth-order valence-corrected chi connectivity index (χ4v) is 1.27. The Morgan fingerprint density at radius 1 is 1.15 bits per heavy atom. The predicted octanol–water partition coefficient (Wildman–Crippen LogP) is 0.595. The standard InChI is InChI=1S/C10H12O2.Tl/c1-6-4-5-7(2)9(8(6)3)10(11)12;/h4-5H,1-3H3,(H,11,12);/q;+1/p-1. The molecule has 0 heterocycles. The zero-order valence-electron chi connectivity index (χ0n) is 8.05. The molecule has 0 fully saturated rings. The average molecular weight is 368 g/mol. The SMILES string of the molecule is Cc1ccc(C)c(C(=O)[O-])c1C.[Tl+]. The van der Waals surface area contributed by atoms with Gasteiger partial charge in [0.25, 0.3) is 0 Å². The van der Waals surface area contributed by atoms with Crippen molar-refractivity contribution in [1.29, 1.82) is 0 Å². The number of carboxylic acid groups (broad SMARTS) is 1. The molecule has 1 aromatic rings. The summed E-state index contributed by atoms with van der Waals surface area (Å²) in [4.78, 5) is 10.7. The summed E-state index contributed by atoms with van der Waals surface area (Å²) in [5, 5.41) is 10.7. The number of hydrogen-bond donors (Lipinski definition) is 0. The Kier molecular flexibility index (Phi) is 4.60. The molecule has 0 radical (unpaired) electrons. The van der Waals surface area contributed by atoms with Gasteiger partial charge in [-0.3, -0.25) is 0 Å². The molecule has 0 atom stereocenters. The summed E-state index contributed by atoms with van der Waals surface area (Å²) < 4.78 is 0. The molecular weight excluding hydrogens is 356 g/mol. The molecule has 0 saturated heterocycles. The van der Waals surface area contributed by atoms with Crippen molar-refractivity contribution >= 4 is 33.3 Å². The number of aryl methyl sites for hydroxylation is 2. The Morgan fingerprint density at radius 3 is 2.00 bits per heavy atom. The first-order chi connectivity index (χ1) is 5.54. The Bertz CT molecular complexity index is 332. The second kappa shape index (κ2) is 4.74. The second-order valence-electron chi connectivity index (χ2n) is 2.99. The Labute approximate surface area is 98.1 Å². The van der Waals surface area contributed by atoms with Crippen molar-refractivity contribution in [2.45, 2.75) is 20.8 Å². The van der Waals surface area contributed by atoms with Crippen LogP contribution in [0.4, 0.5) is 0 Å². The first kappa shape index (κ1) is 12.6. The number of hydrogen-bond acceptors (Lipinski definition) is 2. The first-order valence-electron chi connectivity index (χ1n) is 3.82. The van der Waals surface area contributed by atoms with Gasteiger partial charge in [0.1, 0.15) is 0 Å². The molecular formula is C10H11O2Tl. The van der Waals surface area contributed by atoms with Gasteiger partial charge in [-0.05, 0) is 37.5 Å². The van der Waals surface area contributed by atoms with E-state index in [1.54, 1.807) is 19.9 Å². The van der Waals surface area contributed by atoms with Crippen molar-refractivity contribution in [3.05, 3.63) is 34.4 Å². The normalized spacial score (nSPS) is 9.15. The van der Waals surface area contributed by atoms with Crippen LogP contribution in [0, 0.1) is 20.8 Å². The van der Waals surface area contributed by atoms with Crippen molar-refractivity contribution in [3.63, 3.8) is 0 Å². The fraction of sp³-hybridized carbons (Fsp3) is 0.300. The molecule has 0 aliphatic carbocycles. The quantitative estimate of drug-likeness (QED) is 0.682. The summed E-state index contributed by atoms with van der Waals surface area (Å²) in [6.07, 6.45) is 0. The van der Waals surface area contributed by atoms with Gasteiger partial charge in [-0.2, -0.15) is 0 Å². The Balaban J connectivity index is 0.00000144. The van der Waals surface area contributed by atoms with Crippen LogP contribution in [0.3, 0.4) is 0 Å². The Morgan fingerprint density at radius 2 is 1.62 bits per heavy atom. The molecule has 13 heavy (non-hydrogen) atoms. The van der Waals surface area contributed by atoms with E-state index in [2.05, 4.69) is 0 Å². The topological polar surface area (TPSA) is 40.1 Å². The van der Waals surface area contributed by atoms with E-state index in [1.807, 2.05) is 13.0 Å². The molecule has 66 valence electrons. The second-order valence-corrected chi connectivity index (χ2v) is 2.99. The molecule has 0 aromatic heterocycles. The van der Waals surface area contributed by atoms with E-state index < -0.39 is 5.97 Å². The van der Waals surface area contributed by atoms with Crippen molar-refractivity contribution < 1.29 is 9.90 Å². The molecule has 0 bridgehead atoms. The molecule has 0 aliphatic rings. The summed E-state index contributed by atoms with van der Waals surface area (Å²) in [7, 11) is 0. The van der Waals surface area contributed by atoms with E-state index in [9.17, 15) is 9.90 Å². The van der Waals surface area contributed by atoms with Crippen LogP contribution < -0.4 is 5.11 Å². The maximum atomic E-state index is 10.7. The van der Waals surface area contributed by atoms with Crippen molar-refractivity contribution in [1.82, 2.24) is 0 Å². The summed E-state index contributed by atoms with van der Waals surface area (Å²) >= 11 is 0. The molecule has 1 rings (SSSR count). The van der Waals surface area contributed by atoms with Gasteiger partial charge in [-0.15, -0.1) is 0 Å². The maximum absolute atomic E-state index is 10.7. The monoisotopic (exact) mass is 368 g/mol. The van der Waals surface area contributed by atoms with Crippen LogP contribution in [0.5, 0.6) is 0 Å². The maximum Gasteiger partial charge on any atom is 1.00 e.